The lowest BCUT2D eigenvalue weighted by atomic mass is 9.58. The molecule has 1 aliphatic carbocycles. The van der Waals surface area contributed by atoms with Crippen molar-refractivity contribution in [2.45, 2.75) is 52.6 Å². The number of nitrogens with zero attached hydrogens (tertiary/aromatic N) is 1. The van der Waals surface area contributed by atoms with Crippen molar-refractivity contribution in [2.24, 2.45) is 17.8 Å². The Balaban J connectivity index is 1.63. The molecule has 5 atom stereocenters. The minimum absolute atomic E-state index is 0.130. The van der Waals surface area contributed by atoms with Crippen molar-refractivity contribution in [3.05, 3.63) is 27.8 Å². The maximum absolute atomic E-state index is 6.89. The van der Waals surface area contributed by atoms with E-state index in [2.05, 4.69) is 32.6 Å². The van der Waals surface area contributed by atoms with Crippen LogP contribution in [0.3, 0.4) is 0 Å². The number of ether oxygens (including phenoxy) is 1. The lowest BCUT2D eigenvalue weighted by molar-refractivity contribution is -0.158. The van der Waals surface area contributed by atoms with E-state index >= 15 is 0 Å². The van der Waals surface area contributed by atoms with E-state index in [0.29, 0.717) is 0 Å². The molecule has 4 unspecified atom stereocenters. The van der Waals surface area contributed by atoms with Crippen LogP contribution in [0, 0.1) is 45.4 Å². The second-order valence-electron chi connectivity index (χ2n) is 8.49. The number of fused-ring (bicyclic) bond motifs is 1. The quantitative estimate of drug-likeness (QED) is 0.726. The molecule has 118 valence electrons. The molecule has 1 aromatic rings. The standard InChI is InChI=1S/C20H27NO/c1-11-12(2)14(4)19-18(13(11)3)7-20(22-19)16-5-15-6-17(20)10-21(8-15)9-16/h15-17H,5-10H2,1-4H3/t15?,16-,17?,20?/m1/s1. The molecule has 22 heavy (non-hydrogen) atoms. The maximum Gasteiger partial charge on any atom is 0.126 e. The van der Waals surface area contributed by atoms with Crippen LogP contribution >= 0.6 is 0 Å². The van der Waals surface area contributed by atoms with Crippen molar-refractivity contribution >= 4 is 0 Å². The molecule has 1 spiro atoms. The highest BCUT2D eigenvalue weighted by atomic mass is 16.5. The van der Waals surface area contributed by atoms with Gasteiger partial charge in [-0.25, -0.2) is 0 Å². The van der Waals surface area contributed by atoms with Crippen molar-refractivity contribution in [2.75, 3.05) is 19.6 Å². The predicted octanol–water partition coefficient (Wildman–Crippen LogP) is 3.57. The van der Waals surface area contributed by atoms with Gasteiger partial charge in [-0.1, -0.05) is 0 Å². The van der Waals surface area contributed by atoms with E-state index in [0.717, 1.165) is 17.8 Å². The second-order valence-corrected chi connectivity index (χ2v) is 8.49. The normalized spacial score (nSPS) is 41.1. The van der Waals surface area contributed by atoms with Gasteiger partial charge in [-0.3, -0.25) is 0 Å². The van der Waals surface area contributed by atoms with Crippen LogP contribution < -0.4 is 4.74 Å². The van der Waals surface area contributed by atoms with Gasteiger partial charge in [0.25, 0.3) is 0 Å². The molecule has 6 rings (SSSR count). The van der Waals surface area contributed by atoms with E-state index in [4.69, 9.17) is 4.74 Å². The lowest BCUT2D eigenvalue weighted by Gasteiger charge is -2.60. The third kappa shape index (κ3) is 1.45. The number of rotatable bonds is 0. The van der Waals surface area contributed by atoms with Gasteiger partial charge in [0, 0.05) is 43.5 Å². The zero-order valence-electron chi connectivity index (χ0n) is 14.3. The number of hydrogen-bond donors (Lipinski definition) is 0. The molecule has 4 aliphatic heterocycles. The van der Waals surface area contributed by atoms with Crippen molar-refractivity contribution in [1.29, 1.82) is 0 Å². The summed E-state index contributed by atoms with van der Waals surface area (Å²) in [5.41, 5.74) is 7.45. The first-order valence-corrected chi connectivity index (χ1v) is 9.00. The first-order chi connectivity index (χ1) is 10.5. The summed E-state index contributed by atoms with van der Waals surface area (Å²) in [6, 6.07) is 0. The molecule has 0 amide bonds. The lowest BCUT2D eigenvalue weighted by Crippen LogP contribution is -2.68. The molecule has 0 aromatic heterocycles. The molecular weight excluding hydrogens is 270 g/mol. The fraction of sp³-hybridized carbons (Fsp3) is 0.700. The minimum atomic E-state index is 0.130. The Morgan fingerprint density at radius 2 is 1.50 bits per heavy atom. The van der Waals surface area contributed by atoms with Crippen LogP contribution in [-0.4, -0.2) is 30.1 Å². The summed E-state index contributed by atoms with van der Waals surface area (Å²) in [4.78, 5) is 2.71. The Morgan fingerprint density at radius 3 is 2.14 bits per heavy atom. The number of hydrogen-bond acceptors (Lipinski definition) is 2. The zero-order chi connectivity index (χ0) is 15.2. The molecule has 0 radical (unpaired) electrons. The summed E-state index contributed by atoms with van der Waals surface area (Å²) in [5, 5.41) is 0. The molecule has 4 heterocycles. The smallest absolute Gasteiger partial charge is 0.126 e. The molecule has 1 aromatic carbocycles. The van der Waals surface area contributed by atoms with Crippen LogP contribution in [-0.2, 0) is 6.42 Å². The molecule has 4 fully saturated rings. The summed E-state index contributed by atoms with van der Waals surface area (Å²) >= 11 is 0. The van der Waals surface area contributed by atoms with Crippen LogP contribution in [0.15, 0.2) is 0 Å². The van der Waals surface area contributed by atoms with Crippen LogP contribution in [0.2, 0.25) is 0 Å². The Kier molecular flexibility index (Phi) is 2.49. The van der Waals surface area contributed by atoms with Gasteiger partial charge >= 0.3 is 0 Å². The van der Waals surface area contributed by atoms with Crippen molar-refractivity contribution in [1.82, 2.24) is 4.90 Å². The third-order valence-corrected chi connectivity index (χ3v) is 7.59. The molecule has 1 saturated carbocycles. The highest BCUT2D eigenvalue weighted by molar-refractivity contribution is 5.57. The van der Waals surface area contributed by atoms with Crippen molar-refractivity contribution in [3.8, 4) is 5.75 Å². The van der Waals surface area contributed by atoms with Gasteiger partial charge in [0.1, 0.15) is 11.4 Å². The molecule has 2 heteroatoms. The highest BCUT2D eigenvalue weighted by Gasteiger charge is 2.61. The molecule has 3 saturated heterocycles. The average Bonchev–Trinajstić information content (AvgIpc) is 2.90. The topological polar surface area (TPSA) is 12.5 Å². The number of piperidine rings is 3. The summed E-state index contributed by atoms with van der Waals surface area (Å²) in [7, 11) is 0. The predicted molar refractivity (Wildman–Crippen MR) is 88.6 cm³/mol. The first-order valence-electron chi connectivity index (χ1n) is 9.00. The summed E-state index contributed by atoms with van der Waals surface area (Å²) in [5.74, 6) is 3.71. The zero-order valence-corrected chi connectivity index (χ0v) is 14.3. The van der Waals surface area contributed by atoms with Crippen LogP contribution in [0.5, 0.6) is 5.75 Å². The Hall–Kier alpha value is -1.02. The van der Waals surface area contributed by atoms with Gasteiger partial charge in [-0.05, 0) is 68.7 Å². The van der Waals surface area contributed by atoms with Crippen LogP contribution in [0.4, 0.5) is 0 Å². The van der Waals surface area contributed by atoms with Crippen molar-refractivity contribution < 1.29 is 4.74 Å². The monoisotopic (exact) mass is 297 g/mol. The number of benzene rings is 1. The van der Waals surface area contributed by atoms with Gasteiger partial charge in [0.2, 0.25) is 0 Å². The largest absolute Gasteiger partial charge is 0.486 e. The van der Waals surface area contributed by atoms with E-state index in [1.54, 1.807) is 0 Å². The third-order valence-electron chi connectivity index (χ3n) is 7.59. The van der Waals surface area contributed by atoms with Gasteiger partial charge in [0.05, 0.1) is 0 Å². The first kappa shape index (κ1) is 13.4. The fourth-order valence-electron chi connectivity index (χ4n) is 6.12. The molecule has 5 aliphatic rings. The van der Waals surface area contributed by atoms with Gasteiger partial charge in [0.15, 0.2) is 0 Å². The van der Waals surface area contributed by atoms with E-state index in [1.807, 2.05) is 0 Å². The van der Waals surface area contributed by atoms with Crippen molar-refractivity contribution in [3.63, 3.8) is 0 Å². The average molecular weight is 297 g/mol. The maximum atomic E-state index is 6.89. The van der Waals surface area contributed by atoms with E-state index in [-0.39, 0.29) is 5.60 Å². The van der Waals surface area contributed by atoms with Crippen LogP contribution in [0.25, 0.3) is 0 Å². The van der Waals surface area contributed by atoms with E-state index in [9.17, 15) is 0 Å². The van der Waals surface area contributed by atoms with Gasteiger partial charge in [-0.15, -0.1) is 0 Å². The Labute approximate surface area is 133 Å². The summed E-state index contributed by atoms with van der Waals surface area (Å²) < 4.78 is 6.89. The highest BCUT2D eigenvalue weighted by Crippen LogP contribution is 2.57. The molecule has 0 N–H and O–H groups in total. The molecular formula is C20H27NO. The molecule has 2 nitrogen and oxygen atoms in total. The van der Waals surface area contributed by atoms with Crippen LogP contribution in [0.1, 0.15) is 40.7 Å². The summed E-state index contributed by atoms with van der Waals surface area (Å²) in [6.07, 6.45) is 3.97. The van der Waals surface area contributed by atoms with Gasteiger partial charge in [-0.2, -0.15) is 0 Å². The Bertz CT molecular complexity index is 608. The Morgan fingerprint density at radius 1 is 0.864 bits per heavy atom. The SMILES string of the molecule is Cc1c(C)c(C)c2c(c1C)CC1(O2)C2CC3C[C@@H]1CN(C3)C2. The summed E-state index contributed by atoms with van der Waals surface area (Å²) in [6.45, 7) is 13.0. The molecule has 4 bridgehead atoms. The van der Waals surface area contributed by atoms with E-state index < -0.39 is 0 Å². The van der Waals surface area contributed by atoms with E-state index in [1.165, 1.54) is 72.5 Å². The van der Waals surface area contributed by atoms with Gasteiger partial charge < -0.3 is 9.64 Å². The fourth-order valence-corrected chi connectivity index (χ4v) is 6.12. The second kappa shape index (κ2) is 4.08. The minimum Gasteiger partial charge on any atom is -0.486 e.